The fourth-order valence-corrected chi connectivity index (χ4v) is 3.89. The van der Waals surface area contributed by atoms with Crippen molar-refractivity contribution in [2.75, 3.05) is 5.32 Å². The molecule has 0 saturated carbocycles. The summed E-state index contributed by atoms with van der Waals surface area (Å²) in [5.41, 5.74) is 4.08. The van der Waals surface area contributed by atoms with E-state index in [2.05, 4.69) is 20.3 Å². The van der Waals surface area contributed by atoms with Gasteiger partial charge in [-0.3, -0.25) is 10.1 Å². The van der Waals surface area contributed by atoms with Crippen LogP contribution in [0.15, 0.2) is 72.8 Å². The number of hydrogen-bond acceptors (Lipinski definition) is 3. The number of pyridine rings is 1. The van der Waals surface area contributed by atoms with Crippen LogP contribution < -0.4 is 5.32 Å². The van der Waals surface area contributed by atoms with Crippen molar-refractivity contribution in [1.82, 2.24) is 15.0 Å². The minimum Gasteiger partial charge on any atom is -0.324 e. The monoisotopic (exact) mass is 432 g/mol. The van der Waals surface area contributed by atoms with E-state index in [1.807, 2.05) is 48.5 Å². The highest BCUT2D eigenvalue weighted by atomic mass is 35.5. The molecule has 30 heavy (non-hydrogen) atoms. The van der Waals surface area contributed by atoms with E-state index in [-0.39, 0.29) is 5.91 Å². The number of amides is 1. The molecule has 0 aliphatic heterocycles. The third kappa shape index (κ3) is 3.38. The van der Waals surface area contributed by atoms with Gasteiger partial charge in [0.15, 0.2) is 0 Å². The molecule has 5 rings (SSSR count). The SMILES string of the molecule is O=C(Nc1nc2ccccc2[nH]1)c1cc(-c2ccc(Cl)cc2Cl)nc2ccccc12. The first-order valence-electron chi connectivity index (χ1n) is 9.20. The fourth-order valence-electron chi connectivity index (χ4n) is 3.39. The molecule has 0 aliphatic rings. The maximum absolute atomic E-state index is 13.2. The highest BCUT2D eigenvalue weighted by molar-refractivity contribution is 6.36. The Morgan fingerprint density at radius 3 is 2.43 bits per heavy atom. The van der Waals surface area contributed by atoms with Crippen molar-refractivity contribution in [2.24, 2.45) is 0 Å². The molecule has 3 aromatic carbocycles. The minimum atomic E-state index is -0.293. The van der Waals surface area contributed by atoms with Crippen LogP contribution in [0.25, 0.3) is 33.2 Å². The number of benzene rings is 3. The van der Waals surface area contributed by atoms with Crippen LogP contribution >= 0.6 is 23.2 Å². The predicted molar refractivity (Wildman–Crippen MR) is 121 cm³/mol. The average molecular weight is 433 g/mol. The Hall–Kier alpha value is -3.41. The van der Waals surface area contributed by atoms with E-state index in [4.69, 9.17) is 23.2 Å². The molecule has 0 fully saturated rings. The number of imidazole rings is 1. The summed E-state index contributed by atoms with van der Waals surface area (Å²) >= 11 is 12.4. The van der Waals surface area contributed by atoms with Crippen LogP contribution in [0, 0.1) is 0 Å². The first-order chi connectivity index (χ1) is 14.6. The molecule has 2 N–H and O–H groups in total. The molecular formula is C23H14Cl2N4O. The number of nitrogens with zero attached hydrogens (tertiary/aromatic N) is 2. The molecule has 0 bridgehead atoms. The molecule has 2 heterocycles. The molecule has 0 spiro atoms. The van der Waals surface area contributed by atoms with Gasteiger partial charge in [-0.15, -0.1) is 0 Å². The number of halogens is 2. The van der Waals surface area contributed by atoms with Gasteiger partial charge in [-0.05, 0) is 42.5 Å². The smallest absolute Gasteiger partial charge is 0.258 e. The Balaban J connectivity index is 1.60. The first-order valence-corrected chi connectivity index (χ1v) is 9.95. The van der Waals surface area contributed by atoms with Gasteiger partial charge in [-0.25, -0.2) is 9.97 Å². The molecule has 0 saturated heterocycles. The van der Waals surface area contributed by atoms with Gasteiger partial charge in [-0.2, -0.15) is 0 Å². The van der Waals surface area contributed by atoms with Crippen molar-refractivity contribution in [3.05, 3.63) is 88.4 Å². The zero-order valence-electron chi connectivity index (χ0n) is 15.5. The van der Waals surface area contributed by atoms with Crippen LogP contribution in [-0.2, 0) is 0 Å². The maximum atomic E-state index is 13.2. The number of fused-ring (bicyclic) bond motifs is 2. The number of rotatable bonds is 3. The lowest BCUT2D eigenvalue weighted by molar-refractivity contribution is 0.102. The van der Waals surface area contributed by atoms with E-state index < -0.39 is 0 Å². The standard InChI is InChI=1S/C23H14Cl2N4O/c24-13-9-10-15(17(25)11-13)21-12-16(14-5-1-2-6-18(14)26-21)22(30)29-23-27-19-7-3-4-8-20(19)28-23/h1-12H,(H2,27,28,29,30). The second kappa shape index (κ2) is 7.44. The van der Waals surface area contributed by atoms with Gasteiger partial charge < -0.3 is 4.98 Å². The zero-order chi connectivity index (χ0) is 20.7. The summed E-state index contributed by atoms with van der Waals surface area (Å²) in [6, 6.07) is 22.0. The molecular weight excluding hydrogens is 419 g/mol. The van der Waals surface area contributed by atoms with Crippen molar-refractivity contribution >= 4 is 57.0 Å². The summed E-state index contributed by atoms with van der Waals surface area (Å²) < 4.78 is 0. The van der Waals surface area contributed by atoms with E-state index in [9.17, 15) is 4.79 Å². The number of aromatic amines is 1. The second-order valence-corrected chi connectivity index (χ2v) is 7.60. The molecule has 1 amide bonds. The number of hydrogen-bond donors (Lipinski definition) is 2. The number of aromatic nitrogens is 3. The number of H-pyrrole nitrogens is 1. The Bertz CT molecular complexity index is 1390. The van der Waals surface area contributed by atoms with E-state index in [0.717, 1.165) is 16.4 Å². The Morgan fingerprint density at radius 1 is 0.867 bits per heavy atom. The molecule has 146 valence electrons. The van der Waals surface area contributed by atoms with Crippen molar-refractivity contribution < 1.29 is 4.79 Å². The van der Waals surface area contributed by atoms with Gasteiger partial charge in [0, 0.05) is 16.0 Å². The number of nitrogens with one attached hydrogen (secondary N) is 2. The first kappa shape index (κ1) is 18.6. The zero-order valence-corrected chi connectivity index (χ0v) is 17.0. The second-order valence-electron chi connectivity index (χ2n) is 6.75. The molecule has 0 unspecified atom stereocenters. The number of carbonyl (C=O) groups excluding carboxylic acids is 1. The Labute approximate surface area is 181 Å². The minimum absolute atomic E-state index is 0.293. The average Bonchev–Trinajstić information content (AvgIpc) is 3.15. The summed E-state index contributed by atoms with van der Waals surface area (Å²) in [6.07, 6.45) is 0. The number of carbonyl (C=O) groups is 1. The predicted octanol–water partition coefficient (Wildman–Crippen LogP) is 6.34. The van der Waals surface area contributed by atoms with Crippen LogP contribution in [-0.4, -0.2) is 20.9 Å². The van der Waals surface area contributed by atoms with Crippen LogP contribution in [0.4, 0.5) is 5.95 Å². The lowest BCUT2D eigenvalue weighted by Crippen LogP contribution is -2.14. The Kier molecular flexibility index (Phi) is 4.62. The number of anilines is 1. The van der Waals surface area contributed by atoms with E-state index in [0.29, 0.717) is 38.3 Å². The molecule has 5 aromatic rings. The molecule has 5 nitrogen and oxygen atoms in total. The molecule has 0 atom stereocenters. The normalized spacial score (nSPS) is 11.1. The van der Waals surface area contributed by atoms with Gasteiger partial charge in [0.05, 0.1) is 32.8 Å². The maximum Gasteiger partial charge on any atom is 0.258 e. The van der Waals surface area contributed by atoms with Crippen LogP contribution in [0.1, 0.15) is 10.4 Å². The lowest BCUT2D eigenvalue weighted by atomic mass is 10.0. The van der Waals surface area contributed by atoms with Crippen LogP contribution in [0.2, 0.25) is 10.0 Å². The van der Waals surface area contributed by atoms with Gasteiger partial charge in [0.25, 0.3) is 5.91 Å². The highest BCUT2D eigenvalue weighted by Crippen LogP contribution is 2.32. The molecule has 2 aromatic heterocycles. The largest absolute Gasteiger partial charge is 0.324 e. The van der Waals surface area contributed by atoms with Crippen molar-refractivity contribution in [3.63, 3.8) is 0 Å². The third-order valence-corrected chi connectivity index (χ3v) is 5.34. The molecule has 0 aliphatic carbocycles. The Morgan fingerprint density at radius 2 is 1.63 bits per heavy atom. The molecule has 0 radical (unpaired) electrons. The van der Waals surface area contributed by atoms with Crippen LogP contribution in [0.3, 0.4) is 0 Å². The van der Waals surface area contributed by atoms with Gasteiger partial charge >= 0.3 is 0 Å². The molecule has 7 heteroatoms. The number of para-hydroxylation sites is 3. The van der Waals surface area contributed by atoms with Gasteiger partial charge in [-0.1, -0.05) is 53.5 Å². The van der Waals surface area contributed by atoms with Crippen molar-refractivity contribution in [3.8, 4) is 11.3 Å². The summed E-state index contributed by atoms with van der Waals surface area (Å²) in [7, 11) is 0. The van der Waals surface area contributed by atoms with E-state index >= 15 is 0 Å². The van der Waals surface area contributed by atoms with Gasteiger partial charge in [0.1, 0.15) is 0 Å². The summed E-state index contributed by atoms with van der Waals surface area (Å²) in [5.74, 6) is 0.0900. The van der Waals surface area contributed by atoms with Gasteiger partial charge in [0.2, 0.25) is 5.95 Å². The van der Waals surface area contributed by atoms with E-state index in [1.165, 1.54) is 0 Å². The summed E-state index contributed by atoms with van der Waals surface area (Å²) in [4.78, 5) is 25.4. The van der Waals surface area contributed by atoms with Crippen LogP contribution in [0.5, 0.6) is 0 Å². The summed E-state index contributed by atoms with van der Waals surface area (Å²) in [6.45, 7) is 0. The quantitative estimate of drug-likeness (QED) is 0.349. The lowest BCUT2D eigenvalue weighted by Gasteiger charge is -2.11. The fraction of sp³-hybridized carbons (Fsp3) is 0. The van der Waals surface area contributed by atoms with Crippen molar-refractivity contribution in [2.45, 2.75) is 0 Å². The van der Waals surface area contributed by atoms with E-state index in [1.54, 1.807) is 24.3 Å². The third-order valence-electron chi connectivity index (χ3n) is 4.79. The topological polar surface area (TPSA) is 70.7 Å². The van der Waals surface area contributed by atoms with Crippen molar-refractivity contribution in [1.29, 1.82) is 0 Å². The highest BCUT2D eigenvalue weighted by Gasteiger charge is 2.17. The summed E-state index contributed by atoms with van der Waals surface area (Å²) in [5, 5.41) is 4.59.